The predicted molar refractivity (Wildman–Crippen MR) is 63.3 cm³/mol. The summed E-state index contributed by atoms with van der Waals surface area (Å²) in [7, 11) is 0. The van der Waals surface area contributed by atoms with Gasteiger partial charge in [-0.3, -0.25) is 9.89 Å². The van der Waals surface area contributed by atoms with E-state index in [-0.39, 0.29) is 5.91 Å². The number of carbonyl (C=O) groups is 1. The standard InChI is InChI=1S/C11H20N4O/c1-7(2)8-5-9(15-14-8)10(16)13-6-11(3,4)12/h5,7H,6,12H2,1-4H3,(H,13,16)(H,14,15). The Morgan fingerprint density at radius 1 is 1.62 bits per heavy atom. The van der Waals surface area contributed by atoms with Gasteiger partial charge < -0.3 is 11.1 Å². The molecule has 1 amide bonds. The molecule has 0 aromatic carbocycles. The zero-order valence-corrected chi connectivity index (χ0v) is 10.3. The van der Waals surface area contributed by atoms with Crippen LogP contribution in [0.2, 0.25) is 0 Å². The first-order chi connectivity index (χ1) is 7.29. The van der Waals surface area contributed by atoms with Crippen molar-refractivity contribution < 1.29 is 4.79 Å². The Balaban J connectivity index is 2.60. The van der Waals surface area contributed by atoms with Gasteiger partial charge in [-0.05, 0) is 25.8 Å². The first-order valence-electron chi connectivity index (χ1n) is 5.42. The van der Waals surface area contributed by atoms with Crippen molar-refractivity contribution in [1.82, 2.24) is 15.5 Å². The van der Waals surface area contributed by atoms with Crippen molar-refractivity contribution in [3.8, 4) is 0 Å². The van der Waals surface area contributed by atoms with Crippen LogP contribution in [-0.2, 0) is 0 Å². The summed E-state index contributed by atoms with van der Waals surface area (Å²) in [5.41, 5.74) is 6.73. The summed E-state index contributed by atoms with van der Waals surface area (Å²) in [4.78, 5) is 11.7. The molecule has 0 fully saturated rings. The van der Waals surface area contributed by atoms with Crippen LogP contribution in [0.15, 0.2) is 6.07 Å². The minimum Gasteiger partial charge on any atom is -0.349 e. The number of nitrogens with zero attached hydrogens (tertiary/aromatic N) is 1. The number of nitrogens with two attached hydrogens (primary N) is 1. The van der Waals surface area contributed by atoms with Gasteiger partial charge in [-0.2, -0.15) is 5.10 Å². The molecule has 0 saturated carbocycles. The van der Waals surface area contributed by atoms with E-state index in [1.54, 1.807) is 6.07 Å². The number of aromatic nitrogens is 2. The van der Waals surface area contributed by atoms with Gasteiger partial charge in [0.05, 0.1) is 0 Å². The quantitative estimate of drug-likeness (QED) is 0.713. The lowest BCUT2D eigenvalue weighted by molar-refractivity contribution is 0.0941. The molecule has 1 heterocycles. The smallest absolute Gasteiger partial charge is 0.271 e. The van der Waals surface area contributed by atoms with E-state index in [0.717, 1.165) is 5.69 Å². The van der Waals surface area contributed by atoms with Crippen LogP contribution >= 0.6 is 0 Å². The van der Waals surface area contributed by atoms with Crippen molar-refractivity contribution >= 4 is 5.91 Å². The highest BCUT2D eigenvalue weighted by Crippen LogP contribution is 2.11. The summed E-state index contributed by atoms with van der Waals surface area (Å²) < 4.78 is 0. The normalized spacial score (nSPS) is 11.9. The maximum Gasteiger partial charge on any atom is 0.271 e. The van der Waals surface area contributed by atoms with Crippen LogP contribution in [0.25, 0.3) is 0 Å². The highest BCUT2D eigenvalue weighted by atomic mass is 16.1. The molecule has 0 unspecified atom stereocenters. The van der Waals surface area contributed by atoms with Gasteiger partial charge in [0.2, 0.25) is 0 Å². The molecule has 0 aliphatic rings. The van der Waals surface area contributed by atoms with Gasteiger partial charge in [0.15, 0.2) is 0 Å². The highest BCUT2D eigenvalue weighted by Gasteiger charge is 2.15. The Morgan fingerprint density at radius 2 is 2.25 bits per heavy atom. The molecule has 0 radical (unpaired) electrons. The molecule has 0 atom stereocenters. The van der Waals surface area contributed by atoms with E-state index in [2.05, 4.69) is 15.5 Å². The first kappa shape index (κ1) is 12.7. The van der Waals surface area contributed by atoms with E-state index < -0.39 is 5.54 Å². The van der Waals surface area contributed by atoms with E-state index >= 15 is 0 Å². The topological polar surface area (TPSA) is 83.8 Å². The monoisotopic (exact) mass is 224 g/mol. The van der Waals surface area contributed by atoms with Crippen LogP contribution in [0, 0.1) is 0 Å². The third-order valence-electron chi connectivity index (χ3n) is 2.16. The largest absolute Gasteiger partial charge is 0.349 e. The number of aromatic amines is 1. The average Bonchev–Trinajstić information content (AvgIpc) is 2.61. The molecule has 16 heavy (non-hydrogen) atoms. The van der Waals surface area contributed by atoms with E-state index in [1.165, 1.54) is 0 Å². The number of carbonyl (C=O) groups excluding carboxylic acids is 1. The molecule has 0 bridgehead atoms. The summed E-state index contributed by atoms with van der Waals surface area (Å²) in [6.07, 6.45) is 0. The number of hydrogen-bond acceptors (Lipinski definition) is 3. The molecular formula is C11H20N4O. The fourth-order valence-corrected chi connectivity index (χ4v) is 1.15. The Morgan fingerprint density at radius 3 is 2.69 bits per heavy atom. The molecule has 1 aromatic rings. The maximum absolute atomic E-state index is 11.7. The zero-order chi connectivity index (χ0) is 12.3. The molecule has 0 aliphatic heterocycles. The Bertz CT molecular complexity index is 362. The van der Waals surface area contributed by atoms with Gasteiger partial charge in [-0.1, -0.05) is 13.8 Å². The summed E-state index contributed by atoms with van der Waals surface area (Å²) in [5, 5.41) is 9.55. The second-order valence-corrected chi connectivity index (χ2v) is 5.03. The lowest BCUT2D eigenvalue weighted by Crippen LogP contribution is -2.45. The fraction of sp³-hybridized carbons (Fsp3) is 0.636. The molecule has 4 N–H and O–H groups in total. The third-order valence-corrected chi connectivity index (χ3v) is 2.16. The van der Waals surface area contributed by atoms with Gasteiger partial charge >= 0.3 is 0 Å². The van der Waals surface area contributed by atoms with E-state index in [1.807, 2.05) is 27.7 Å². The first-order valence-corrected chi connectivity index (χ1v) is 5.42. The van der Waals surface area contributed by atoms with Crippen LogP contribution in [-0.4, -0.2) is 28.2 Å². The molecular weight excluding hydrogens is 204 g/mol. The van der Waals surface area contributed by atoms with Crippen LogP contribution in [0.1, 0.15) is 49.8 Å². The summed E-state index contributed by atoms with van der Waals surface area (Å²) >= 11 is 0. The van der Waals surface area contributed by atoms with Gasteiger partial charge in [0.25, 0.3) is 5.91 Å². The SMILES string of the molecule is CC(C)c1cc(C(=O)NCC(C)(C)N)n[nH]1. The molecule has 5 nitrogen and oxygen atoms in total. The molecule has 0 aliphatic carbocycles. The Kier molecular flexibility index (Phi) is 3.70. The molecule has 90 valence electrons. The molecule has 5 heteroatoms. The number of amides is 1. The van der Waals surface area contributed by atoms with Crippen LogP contribution in [0.3, 0.4) is 0 Å². The van der Waals surface area contributed by atoms with Crippen molar-refractivity contribution in [2.45, 2.75) is 39.2 Å². The van der Waals surface area contributed by atoms with Gasteiger partial charge in [0.1, 0.15) is 5.69 Å². The van der Waals surface area contributed by atoms with Gasteiger partial charge in [-0.15, -0.1) is 0 Å². The number of H-pyrrole nitrogens is 1. The van der Waals surface area contributed by atoms with Crippen LogP contribution < -0.4 is 11.1 Å². The third kappa shape index (κ3) is 3.66. The maximum atomic E-state index is 11.7. The molecule has 0 spiro atoms. The summed E-state index contributed by atoms with van der Waals surface area (Å²) in [6.45, 7) is 8.22. The van der Waals surface area contributed by atoms with E-state index in [4.69, 9.17) is 5.73 Å². The number of rotatable bonds is 4. The number of nitrogens with one attached hydrogen (secondary N) is 2. The summed E-state index contributed by atoms with van der Waals surface area (Å²) in [6, 6.07) is 1.77. The van der Waals surface area contributed by atoms with Gasteiger partial charge in [0, 0.05) is 17.8 Å². The van der Waals surface area contributed by atoms with Crippen molar-refractivity contribution in [1.29, 1.82) is 0 Å². The van der Waals surface area contributed by atoms with E-state index in [0.29, 0.717) is 18.2 Å². The highest BCUT2D eigenvalue weighted by molar-refractivity contribution is 5.92. The molecule has 1 rings (SSSR count). The lowest BCUT2D eigenvalue weighted by atomic mass is 10.1. The lowest BCUT2D eigenvalue weighted by Gasteiger charge is -2.18. The van der Waals surface area contributed by atoms with Crippen LogP contribution in [0.4, 0.5) is 0 Å². The van der Waals surface area contributed by atoms with Crippen molar-refractivity contribution in [3.63, 3.8) is 0 Å². The minimum absolute atomic E-state index is 0.193. The Hall–Kier alpha value is -1.36. The fourth-order valence-electron chi connectivity index (χ4n) is 1.15. The second-order valence-electron chi connectivity index (χ2n) is 5.03. The van der Waals surface area contributed by atoms with Crippen LogP contribution in [0.5, 0.6) is 0 Å². The molecule has 1 aromatic heterocycles. The van der Waals surface area contributed by atoms with Crippen molar-refractivity contribution in [2.75, 3.05) is 6.54 Å². The Labute approximate surface area is 95.8 Å². The second kappa shape index (κ2) is 4.65. The minimum atomic E-state index is -0.410. The predicted octanol–water partition coefficient (Wildman–Crippen LogP) is 1.00. The summed E-state index contributed by atoms with van der Waals surface area (Å²) in [5.74, 6) is 0.140. The number of hydrogen-bond donors (Lipinski definition) is 3. The van der Waals surface area contributed by atoms with Gasteiger partial charge in [-0.25, -0.2) is 0 Å². The average molecular weight is 224 g/mol. The van der Waals surface area contributed by atoms with E-state index in [9.17, 15) is 4.79 Å². The van der Waals surface area contributed by atoms with Crippen molar-refractivity contribution in [2.24, 2.45) is 5.73 Å². The molecule has 0 saturated heterocycles. The zero-order valence-electron chi connectivity index (χ0n) is 10.3. The van der Waals surface area contributed by atoms with Crippen molar-refractivity contribution in [3.05, 3.63) is 17.5 Å².